The standard InChI is InChI=1S/C24H25FN4O3/c1-16-14-22(29-10-12-32-13-11-29)28-21-7-6-19(15-20(16)21)27-24(31)9-8-23(30)26-18-4-2-17(25)3-5-18/h2-7,14-15H,8-13H2,1H3,(H,26,30)(H,27,31). The normalized spacial score (nSPS) is 13.8. The van der Waals surface area contributed by atoms with E-state index in [1.807, 2.05) is 25.1 Å². The molecule has 8 heteroatoms. The van der Waals surface area contributed by atoms with Crippen LogP contribution in [0.5, 0.6) is 0 Å². The quantitative estimate of drug-likeness (QED) is 0.613. The second-order valence-electron chi connectivity index (χ2n) is 7.73. The summed E-state index contributed by atoms with van der Waals surface area (Å²) in [5.74, 6) is -0.00196. The highest BCUT2D eigenvalue weighted by molar-refractivity contribution is 5.98. The molecule has 2 aromatic carbocycles. The van der Waals surface area contributed by atoms with E-state index in [2.05, 4.69) is 21.6 Å². The number of fused-ring (bicyclic) bond motifs is 1. The van der Waals surface area contributed by atoms with Crippen molar-refractivity contribution in [3.05, 3.63) is 59.9 Å². The van der Waals surface area contributed by atoms with Gasteiger partial charge in [0.1, 0.15) is 11.6 Å². The van der Waals surface area contributed by atoms with E-state index in [4.69, 9.17) is 9.72 Å². The lowest BCUT2D eigenvalue weighted by Gasteiger charge is -2.28. The fraction of sp³-hybridized carbons (Fsp3) is 0.292. The Morgan fingerprint density at radius 3 is 2.28 bits per heavy atom. The van der Waals surface area contributed by atoms with Crippen molar-refractivity contribution in [2.45, 2.75) is 19.8 Å². The minimum atomic E-state index is -0.375. The second-order valence-corrected chi connectivity index (χ2v) is 7.73. The molecule has 1 saturated heterocycles. The summed E-state index contributed by atoms with van der Waals surface area (Å²) in [6.07, 6.45) is 0.0680. The molecular weight excluding hydrogens is 411 g/mol. The van der Waals surface area contributed by atoms with E-state index >= 15 is 0 Å². The molecule has 0 atom stereocenters. The maximum Gasteiger partial charge on any atom is 0.224 e. The van der Waals surface area contributed by atoms with Crippen molar-refractivity contribution in [2.24, 2.45) is 0 Å². The van der Waals surface area contributed by atoms with Gasteiger partial charge in [-0.15, -0.1) is 0 Å². The minimum Gasteiger partial charge on any atom is -0.378 e. The molecule has 0 aliphatic carbocycles. The summed E-state index contributed by atoms with van der Waals surface area (Å²) in [5.41, 5.74) is 3.09. The van der Waals surface area contributed by atoms with E-state index in [9.17, 15) is 14.0 Å². The summed E-state index contributed by atoms with van der Waals surface area (Å²) in [5, 5.41) is 6.46. The molecule has 0 unspecified atom stereocenters. The molecule has 3 aromatic rings. The Hall–Kier alpha value is -3.52. The number of aryl methyl sites for hydroxylation is 1. The lowest BCUT2D eigenvalue weighted by molar-refractivity contribution is -0.121. The number of nitrogens with zero attached hydrogens (tertiary/aromatic N) is 2. The number of halogens is 1. The van der Waals surface area contributed by atoms with Crippen LogP contribution in [-0.4, -0.2) is 43.1 Å². The summed E-state index contributed by atoms with van der Waals surface area (Å²) in [7, 11) is 0. The predicted octanol–water partition coefficient (Wildman–Crippen LogP) is 3.88. The Kier molecular flexibility index (Phi) is 6.61. The zero-order valence-electron chi connectivity index (χ0n) is 17.9. The summed E-state index contributed by atoms with van der Waals surface area (Å²) in [4.78, 5) is 31.3. The van der Waals surface area contributed by atoms with Gasteiger partial charge in [0.05, 0.1) is 18.7 Å². The highest BCUT2D eigenvalue weighted by atomic mass is 19.1. The van der Waals surface area contributed by atoms with Crippen molar-refractivity contribution in [1.29, 1.82) is 0 Å². The topological polar surface area (TPSA) is 83.6 Å². The van der Waals surface area contributed by atoms with Crippen LogP contribution in [-0.2, 0) is 14.3 Å². The highest BCUT2D eigenvalue weighted by Gasteiger charge is 2.15. The maximum atomic E-state index is 12.9. The third-order valence-electron chi connectivity index (χ3n) is 5.33. The van der Waals surface area contributed by atoms with Gasteiger partial charge in [-0.05, 0) is 61.0 Å². The Balaban J connectivity index is 1.35. The van der Waals surface area contributed by atoms with Gasteiger partial charge in [0.25, 0.3) is 0 Å². The lowest BCUT2D eigenvalue weighted by Crippen LogP contribution is -2.36. The van der Waals surface area contributed by atoms with Gasteiger partial charge in [0.2, 0.25) is 11.8 Å². The third-order valence-corrected chi connectivity index (χ3v) is 5.33. The van der Waals surface area contributed by atoms with Crippen LogP contribution in [0, 0.1) is 12.7 Å². The van der Waals surface area contributed by atoms with Gasteiger partial charge in [-0.25, -0.2) is 9.37 Å². The summed E-state index contributed by atoms with van der Waals surface area (Å²) in [6, 6.07) is 13.1. The predicted molar refractivity (Wildman–Crippen MR) is 122 cm³/mol. The molecule has 7 nitrogen and oxygen atoms in total. The molecule has 2 amide bonds. The number of anilines is 3. The van der Waals surface area contributed by atoms with Crippen LogP contribution in [0.15, 0.2) is 48.5 Å². The highest BCUT2D eigenvalue weighted by Crippen LogP contribution is 2.26. The first kappa shape index (κ1) is 21.7. The molecule has 1 aliphatic heterocycles. The number of amides is 2. The number of aromatic nitrogens is 1. The van der Waals surface area contributed by atoms with Gasteiger partial charge in [0.15, 0.2) is 0 Å². The van der Waals surface area contributed by atoms with Crippen LogP contribution in [0.3, 0.4) is 0 Å². The summed E-state index contributed by atoms with van der Waals surface area (Å²) >= 11 is 0. The Labute approximate surface area is 185 Å². The van der Waals surface area contributed by atoms with Crippen LogP contribution < -0.4 is 15.5 Å². The molecule has 1 aliphatic rings. The van der Waals surface area contributed by atoms with Crippen LogP contribution >= 0.6 is 0 Å². The zero-order chi connectivity index (χ0) is 22.5. The monoisotopic (exact) mass is 436 g/mol. The molecule has 2 heterocycles. The number of pyridine rings is 1. The van der Waals surface area contributed by atoms with Crippen molar-refractivity contribution in [3.63, 3.8) is 0 Å². The minimum absolute atomic E-state index is 0.0281. The van der Waals surface area contributed by atoms with Gasteiger partial charge in [-0.3, -0.25) is 9.59 Å². The number of morpholine rings is 1. The van der Waals surface area contributed by atoms with Gasteiger partial charge in [-0.2, -0.15) is 0 Å². The molecule has 4 rings (SSSR count). The number of nitrogens with one attached hydrogen (secondary N) is 2. The lowest BCUT2D eigenvalue weighted by atomic mass is 10.1. The number of hydrogen-bond acceptors (Lipinski definition) is 5. The fourth-order valence-electron chi connectivity index (χ4n) is 3.62. The van der Waals surface area contributed by atoms with E-state index in [1.54, 1.807) is 0 Å². The third kappa shape index (κ3) is 5.39. The molecule has 0 radical (unpaired) electrons. The average molecular weight is 436 g/mol. The fourth-order valence-corrected chi connectivity index (χ4v) is 3.62. The van der Waals surface area contributed by atoms with Crippen molar-refractivity contribution in [1.82, 2.24) is 4.98 Å². The molecule has 2 N–H and O–H groups in total. The first-order valence-corrected chi connectivity index (χ1v) is 10.6. The number of benzene rings is 2. The van der Waals surface area contributed by atoms with Crippen molar-refractivity contribution in [2.75, 3.05) is 41.8 Å². The number of hydrogen-bond donors (Lipinski definition) is 2. The Bertz CT molecular complexity index is 1130. The van der Waals surface area contributed by atoms with Crippen LogP contribution in [0.2, 0.25) is 0 Å². The number of ether oxygens (including phenoxy) is 1. The SMILES string of the molecule is Cc1cc(N2CCOCC2)nc2ccc(NC(=O)CCC(=O)Nc3ccc(F)cc3)cc12. The Morgan fingerprint density at radius 2 is 1.59 bits per heavy atom. The van der Waals surface area contributed by atoms with Crippen molar-refractivity contribution in [3.8, 4) is 0 Å². The van der Waals surface area contributed by atoms with E-state index in [0.29, 0.717) is 24.6 Å². The van der Waals surface area contributed by atoms with Crippen molar-refractivity contribution < 1.29 is 18.7 Å². The van der Waals surface area contributed by atoms with Crippen LogP contribution in [0.1, 0.15) is 18.4 Å². The van der Waals surface area contributed by atoms with Gasteiger partial charge < -0.3 is 20.3 Å². The molecule has 1 fully saturated rings. The number of carbonyl (C=O) groups is 2. The number of rotatable bonds is 6. The van der Waals surface area contributed by atoms with Gasteiger partial charge >= 0.3 is 0 Å². The number of carbonyl (C=O) groups excluding carboxylic acids is 2. The first-order valence-electron chi connectivity index (χ1n) is 10.6. The van der Waals surface area contributed by atoms with E-state index in [-0.39, 0.29) is 30.5 Å². The summed E-state index contributed by atoms with van der Waals surface area (Å²) in [6.45, 7) is 5.07. The molecule has 0 saturated carbocycles. The van der Waals surface area contributed by atoms with E-state index < -0.39 is 0 Å². The second kappa shape index (κ2) is 9.74. The summed E-state index contributed by atoms with van der Waals surface area (Å²) < 4.78 is 18.3. The smallest absolute Gasteiger partial charge is 0.224 e. The van der Waals surface area contributed by atoms with E-state index in [0.717, 1.165) is 35.4 Å². The van der Waals surface area contributed by atoms with Crippen LogP contribution in [0.4, 0.5) is 21.6 Å². The maximum absolute atomic E-state index is 12.9. The first-order chi connectivity index (χ1) is 15.5. The van der Waals surface area contributed by atoms with Gasteiger partial charge in [0, 0.05) is 42.7 Å². The molecular formula is C24H25FN4O3. The van der Waals surface area contributed by atoms with Gasteiger partial charge in [-0.1, -0.05) is 0 Å². The Morgan fingerprint density at radius 1 is 0.969 bits per heavy atom. The molecule has 0 bridgehead atoms. The zero-order valence-corrected chi connectivity index (χ0v) is 17.9. The molecule has 1 aromatic heterocycles. The average Bonchev–Trinajstić information content (AvgIpc) is 2.80. The molecule has 166 valence electrons. The van der Waals surface area contributed by atoms with Crippen molar-refractivity contribution >= 4 is 39.9 Å². The van der Waals surface area contributed by atoms with E-state index in [1.165, 1.54) is 24.3 Å². The molecule has 0 spiro atoms. The molecule has 32 heavy (non-hydrogen) atoms. The largest absolute Gasteiger partial charge is 0.378 e. The van der Waals surface area contributed by atoms with Crippen LogP contribution in [0.25, 0.3) is 10.9 Å².